The summed E-state index contributed by atoms with van der Waals surface area (Å²) in [6.07, 6.45) is 1.88. The van der Waals surface area contributed by atoms with Crippen molar-refractivity contribution < 1.29 is 9.53 Å². The van der Waals surface area contributed by atoms with Crippen molar-refractivity contribution in [3.8, 4) is 5.75 Å². The molecule has 1 N–H and O–H groups in total. The molecule has 0 aromatic heterocycles. The van der Waals surface area contributed by atoms with Crippen LogP contribution in [0.3, 0.4) is 0 Å². The van der Waals surface area contributed by atoms with Crippen LogP contribution in [0.1, 0.15) is 27.8 Å². The van der Waals surface area contributed by atoms with E-state index in [0.717, 1.165) is 22.3 Å². The van der Waals surface area contributed by atoms with Crippen molar-refractivity contribution in [2.24, 2.45) is 5.10 Å². The molecule has 0 saturated heterocycles. The molecule has 0 radical (unpaired) electrons. The first kappa shape index (κ1) is 20.6. The second-order valence-corrected chi connectivity index (χ2v) is 7.29. The summed E-state index contributed by atoms with van der Waals surface area (Å²) in [4.78, 5) is 12.2. The van der Waals surface area contributed by atoms with Gasteiger partial charge in [-0.05, 0) is 54.8 Å². The largest absolute Gasteiger partial charge is 0.488 e. The minimum atomic E-state index is -0.159. The zero-order valence-corrected chi connectivity index (χ0v) is 17.2. The highest BCUT2D eigenvalue weighted by Crippen LogP contribution is 2.18. The maximum atomic E-state index is 12.2. The molecule has 0 bridgehead atoms. The van der Waals surface area contributed by atoms with Gasteiger partial charge in [-0.3, -0.25) is 4.79 Å². The number of carbonyl (C=O) groups excluding carboxylic acids is 1. The van der Waals surface area contributed by atoms with Gasteiger partial charge in [0.15, 0.2) is 0 Å². The van der Waals surface area contributed by atoms with Crippen LogP contribution < -0.4 is 10.2 Å². The number of ether oxygens (including phenoxy) is 1. The SMILES string of the molecule is Cc1ccc(CC(=O)N/N=C/c2ccccc2OCc2ccc(Cl)cc2)c(C)c1. The summed E-state index contributed by atoms with van der Waals surface area (Å²) in [5, 5.41) is 4.78. The van der Waals surface area contributed by atoms with Crippen molar-refractivity contribution in [3.05, 3.63) is 99.6 Å². The third-order valence-corrected chi connectivity index (χ3v) is 4.72. The van der Waals surface area contributed by atoms with Crippen molar-refractivity contribution >= 4 is 23.7 Å². The van der Waals surface area contributed by atoms with Crippen LogP contribution in [-0.4, -0.2) is 12.1 Å². The first-order valence-electron chi connectivity index (χ1n) is 9.35. The molecule has 0 aliphatic carbocycles. The molecular formula is C24H23ClN2O2. The van der Waals surface area contributed by atoms with E-state index in [1.54, 1.807) is 6.21 Å². The first-order chi connectivity index (χ1) is 14.0. The minimum Gasteiger partial charge on any atom is -0.488 e. The third-order valence-electron chi connectivity index (χ3n) is 4.47. The highest BCUT2D eigenvalue weighted by molar-refractivity contribution is 6.30. The molecule has 4 nitrogen and oxygen atoms in total. The number of nitrogens with one attached hydrogen (secondary N) is 1. The summed E-state index contributed by atoms with van der Waals surface area (Å²) in [5.74, 6) is 0.530. The van der Waals surface area contributed by atoms with E-state index in [1.807, 2.05) is 74.5 Å². The molecule has 3 aromatic carbocycles. The molecule has 3 aromatic rings. The summed E-state index contributed by atoms with van der Waals surface area (Å²) < 4.78 is 5.90. The number of carbonyl (C=O) groups is 1. The van der Waals surface area contributed by atoms with Crippen LogP contribution >= 0.6 is 11.6 Å². The Morgan fingerprint density at radius 1 is 1.07 bits per heavy atom. The predicted molar refractivity (Wildman–Crippen MR) is 118 cm³/mol. The Morgan fingerprint density at radius 2 is 1.83 bits per heavy atom. The molecule has 0 atom stereocenters. The van der Waals surface area contributed by atoms with Crippen molar-refractivity contribution in [2.45, 2.75) is 26.9 Å². The van der Waals surface area contributed by atoms with Gasteiger partial charge >= 0.3 is 0 Å². The zero-order valence-electron chi connectivity index (χ0n) is 16.5. The van der Waals surface area contributed by atoms with Gasteiger partial charge in [0.25, 0.3) is 0 Å². The van der Waals surface area contributed by atoms with Gasteiger partial charge in [-0.25, -0.2) is 5.43 Å². The Bertz CT molecular complexity index is 1010. The summed E-state index contributed by atoms with van der Waals surface area (Å²) >= 11 is 5.91. The lowest BCUT2D eigenvalue weighted by Crippen LogP contribution is -2.20. The average molecular weight is 407 g/mol. The number of benzene rings is 3. The topological polar surface area (TPSA) is 50.7 Å². The molecule has 5 heteroatoms. The number of halogens is 1. The fraction of sp³-hybridized carbons (Fsp3) is 0.167. The molecule has 3 rings (SSSR count). The van der Waals surface area contributed by atoms with Gasteiger partial charge in [0, 0.05) is 10.6 Å². The number of para-hydroxylation sites is 1. The number of aryl methyl sites for hydroxylation is 2. The lowest BCUT2D eigenvalue weighted by molar-refractivity contribution is -0.120. The molecule has 0 saturated carbocycles. The number of rotatable bonds is 7. The highest BCUT2D eigenvalue weighted by atomic mass is 35.5. The van der Waals surface area contributed by atoms with Crippen LogP contribution in [0.2, 0.25) is 5.02 Å². The maximum Gasteiger partial charge on any atom is 0.244 e. The van der Waals surface area contributed by atoms with Gasteiger partial charge in [-0.2, -0.15) is 5.10 Å². The first-order valence-corrected chi connectivity index (χ1v) is 9.73. The van der Waals surface area contributed by atoms with Gasteiger partial charge < -0.3 is 4.74 Å². The Hall–Kier alpha value is -3.11. The zero-order chi connectivity index (χ0) is 20.6. The van der Waals surface area contributed by atoms with Crippen LogP contribution in [0.15, 0.2) is 71.8 Å². The van der Waals surface area contributed by atoms with Gasteiger partial charge in [0.2, 0.25) is 5.91 Å². The average Bonchev–Trinajstić information content (AvgIpc) is 2.70. The van der Waals surface area contributed by atoms with E-state index in [2.05, 4.69) is 16.6 Å². The maximum absolute atomic E-state index is 12.2. The van der Waals surface area contributed by atoms with E-state index in [4.69, 9.17) is 16.3 Å². The van der Waals surface area contributed by atoms with E-state index >= 15 is 0 Å². The monoisotopic (exact) mass is 406 g/mol. The van der Waals surface area contributed by atoms with E-state index in [9.17, 15) is 4.79 Å². The predicted octanol–water partition coefficient (Wildman–Crippen LogP) is 5.23. The van der Waals surface area contributed by atoms with Gasteiger partial charge in [0.1, 0.15) is 12.4 Å². The number of hydrogen-bond acceptors (Lipinski definition) is 3. The molecule has 0 unspecified atom stereocenters. The number of amides is 1. The molecule has 0 spiro atoms. The highest BCUT2D eigenvalue weighted by Gasteiger charge is 2.06. The Kier molecular flexibility index (Phi) is 7.04. The second kappa shape index (κ2) is 9.89. The Balaban J connectivity index is 1.58. The molecule has 0 aliphatic rings. The Morgan fingerprint density at radius 3 is 2.59 bits per heavy atom. The quantitative estimate of drug-likeness (QED) is 0.431. The molecular weight excluding hydrogens is 384 g/mol. The number of hydrazone groups is 1. The van der Waals surface area contributed by atoms with E-state index in [1.165, 1.54) is 5.56 Å². The molecule has 1 amide bonds. The van der Waals surface area contributed by atoms with E-state index in [0.29, 0.717) is 17.4 Å². The summed E-state index contributed by atoms with van der Waals surface area (Å²) in [5.41, 5.74) is 7.67. The summed E-state index contributed by atoms with van der Waals surface area (Å²) in [6.45, 7) is 4.46. The summed E-state index contributed by atoms with van der Waals surface area (Å²) in [6, 6.07) is 21.1. The van der Waals surface area contributed by atoms with Crippen LogP contribution in [0, 0.1) is 13.8 Å². The van der Waals surface area contributed by atoms with Gasteiger partial charge in [0.05, 0.1) is 12.6 Å². The lowest BCUT2D eigenvalue weighted by Gasteiger charge is -2.09. The second-order valence-electron chi connectivity index (χ2n) is 6.85. The van der Waals surface area contributed by atoms with Crippen molar-refractivity contribution in [1.29, 1.82) is 0 Å². The smallest absolute Gasteiger partial charge is 0.244 e. The number of hydrogen-bond donors (Lipinski definition) is 1. The molecule has 148 valence electrons. The lowest BCUT2D eigenvalue weighted by atomic mass is 10.0. The molecule has 29 heavy (non-hydrogen) atoms. The van der Waals surface area contributed by atoms with Crippen LogP contribution in [-0.2, 0) is 17.8 Å². The normalized spacial score (nSPS) is 10.9. The van der Waals surface area contributed by atoms with Crippen molar-refractivity contribution in [1.82, 2.24) is 5.43 Å². The molecule has 0 heterocycles. The molecule has 0 fully saturated rings. The van der Waals surface area contributed by atoms with E-state index < -0.39 is 0 Å². The van der Waals surface area contributed by atoms with Crippen LogP contribution in [0.4, 0.5) is 0 Å². The van der Waals surface area contributed by atoms with Crippen molar-refractivity contribution in [2.75, 3.05) is 0 Å². The van der Waals surface area contributed by atoms with Crippen LogP contribution in [0.25, 0.3) is 0 Å². The fourth-order valence-corrected chi connectivity index (χ4v) is 3.02. The minimum absolute atomic E-state index is 0.159. The van der Waals surface area contributed by atoms with Crippen molar-refractivity contribution in [3.63, 3.8) is 0 Å². The Labute approximate surface area is 176 Å². The van der Waals surface area contributed by atoms with E-state index in [-0.39, 0.29) is 12.3 Å². The standard InChI is InChI=1S/C24H23ClN2O2/c1-17-7-10-20(18(2)13-17)14-24(28)27-26-15-21-5-3-4-6-23(21)29-16-19-8-11-22(25)12-9-19/h3-13,15H,14,16H2,1-2H3,(H,27,28)/b26-15+. The molecule has 0 aliphatic heterocycles. The summed E-state index contributed by atoms with van der Waals surface area (Å²) in [7, 11) is 0. The van der Waals surface area contributed by atoms with Gasteiger partial charge in [-0.15, -0.1) is 0 Å². The third kappa shape index (κ3) is 6.19. The number of nitrogens with zero attached hydrogens (tertiary/aromatic N) is 1. The van der Waals surface area contributed by atoms with Gasteiger partial charge in [-0.1, -0.05) is 59.6 Å². The fourth-order valence-electron chi connectivity index (χ4n) is 2.89. The van der Waals surface area contributed by atoms with Crippen LogP contribution in [0.5, 0.6) is 5.75 Å².